The highest BCUT2D eigenvalue weighted by Crippen LogP contribution is 2.21. The van der Waals surface area contributed by atoms with E-state index < -0.39 is 15.6 Å². The van der Waals surface area contributed by atoms with Crippen molar-refractivity contribution in [1.29, 1.82) is 0 Å². The molecule has 84 valence electrons. The van der Waals surface area contributed by atoms with Crippen molar-refractivity contribution in [1.82, 2.24) is 4.72 Å². The van der Waals surface area contributed by atoms with Crippen LogP contribution in [0.15, 0.2) is 29.2 Å². The van der Waals surface area contributed by atoms with Gasteiger partial charge in [-0.05, 0) is 32.9 Å². The lowest BCUT2D eigenvalue weighted by Gasteiger charge is -2.20. The molecule has 0 heterocycles. The summed E-state index contributed by atoms with van der Waals surface area (Å²) in [6.45, 7) is 5.34. The van der Waals surface area contributed by atoms with Gasteiger partial charge in [-0.25, -0.2) is 13.1 Å². The lowest BCUT2D eigenvalue weighted by Crippen LogP contribution is -2.40. The van der Waals surface area contributed by atoms with Crippen LogP contribution in [0.4, 0.5) is 0 Å². The van der Waals surface area contributed by atoms with E-state index in [0.29, 0.717) is 0 Å². The third-order valence-corrected chi connectivity index (χ3v) is 3.82. The molecule has 0 saturated heterocycles. The summed E-state index contributed by atoms with van der Waals surface area (Å²) < 4.78 is 26.3. The molecule has 0 amide bonds. The normalized spacial score (nSPS) is 12.8. The highest BCUT2D eigenvalue weighted by Gasteiger charge is 2.23. The van der Waals surface area contributed by atoms with Crippen molar-refractivity contribution >= 4 is 21.6 Å². The van der Waals surface area contributed by atoms with Gasteiger partial charge in [-0.3, -0.25) is 0 Å². The van der Waals surface area contributed by atoms with Crippen molar-refractivity contribution in [2.75, 3.05) is 0 Å². The zero-order valence-electron chi connectivity index (χ0n) is 8.91. The van der Waals surface area contributed by atoms with Crippen LogP contribution in [0.25, 0.3) is 0 Å². The number of hydrogen-bond donors (Lipinski definition) is 1. The Morgan fingerprint density at radius 1 is 1.20 bits per heavy atom. The highest BCUT2D eigenvalue weighted by molar-refractivity contribution is 7.89. The molecule has 0 radical (unpaired) electrons. The summed E-state index contributed by atoms with van der Waals surface area (Å²) in [7, 11) is -3.53. The average Bonchev–Trinajstić information content (AvgIpc) is 1.99. The van der Waals surface area contributed by atoms with Crippen LogP contribution in [0.5, 0.6) is 0 Å². The van der Waals surface area contributed by atoms with Crippen molar-refractivity contribution in [2.45, 2.75) is 31.2 Å². The van der Waals surface area contributed by atoms with Crippen LogP contribution in [0.1, 0.15) is 20.8 Å². The van der Waals surface area contributed by atoms with Gasteiger partial charge < -0.3 is 0 Å². The zero-order valence-corrected chi connectivity index (χ0v) is 10.5. The van der Waals surface area contributed by atoms with E-state index in [1.807, 2.05) is 0 Å². The summed E-state index contributed by atoms with van der Waals surface area (Å²) in [6, 6.07) is 6.37. The van der Waals surface area contributed by atoms with E-state index in [0.717, 1.165) is 0 Å². The number of sulfonamides is 1. The Morgan fingerprint density at radius 3 is 2.20 bits per heavy atom. The maximum Gasteiger partial charge on any atom is 0.242 e. The van der Waals surface area contributed by atoms with Crippen LogP contribution >= 0.6 is 11.6 Å². The predicted molar refractivity (Wildman–Crippen MR) is 61.5 cm³/mol. The molecule has 0 aliphatic rings. The summed E-state index contributed by atoms with van der Waals surface area (Å²) >= 11 is 5.82. The summed E-state index contributed by atoms with van der Waals surface area (Å²) in [5.74, 6) is 0. The SMILES string of the molecule is CC(C)(C)NS(=O)(=O)c1ccccc1Cl. The Labute approximate surface area is 95.5 Å². The van der Waals surface area contributed by atoms with E-state index in [2.05, 4.69) is 4.72 Å². The van der Waals surface area contributed by atoms with Gasteiger partial charge in [0.05, 0.1) is 5.02 Å². The molecule has 0 saturated carbocycles. The van der Waals surface area contributed by atoms with Crippen LogP contribution in [0.2, 0.25) is 5.02 Å². The van der Waals surface area contributed by atoms with Gasteiger partial charge in [0.2, 0.25) is 10.0 Å². The molecule has 1 aromatic rings. The summed E-state index contributed by atoms with van der Waals surface area (Å²) in [4.78, 5) is 0.113. The van der Waals surface area contributed by atoms with Crippen LogP contribution in [-0.4, -0.2) is 14.0 Å². The fraction of sp³-hybridized carbons (Fsp3) is 0.400. The number of nitrogens with one attached hydrogen (secondary N) is 1. The number of halogens is 1. The first-order valence-corrected chi connectivity index (χ1v) is 6.37. The molecular formula is C10H14ClNO2S. The Balaban J connectivity index is 3.13. The molecule has 0 atom stereocenters. The maximum atomic E-state index is 11.9. The van der Waals surface area contributed by atoms with Crippen LogP contribution < -0.4 is 4.72 Å². The second-order valence-corrected chi connectivity index (χ2v) is 6.34. The molecule has 0 aliphatic heterocycles. The third-order valence-electron chi connectivity index (χ3n) is 1.57. The molecule has 1 aromatic carbocycles. The largest absolute Gasteiger partial charge is 0.242 e. The molecule has 1 rings (SSSR count). The fourth-order valence-electron chi connectivity index (χ4n) is 1.12. The lowest BCUT2D eigenvalue weighted by atomic mass is 10.1. The van der Waals surface area contributed by atoms with E-state index in [-0.39, 0.29) is 9.92 Å². The highest BCUT2D eigenvalue weighted by atomic mass is 35.5. The number of benzene rings is 1. The quantitative estimate of drug-likeness (QED) is 0.873. The standard InChI is InChI=1S/C10H14ClNO2S/c1-10(2,3)12-15(13,14)9-7-5-4-6-8(9)11/h4-7,12H,1-3H3. The Morgan fingerprint density at radius 2 is 1.73 bits per heavy atom. The van der Waals surface area contributed by atoms with Crippen LogP contribution in [-0.2, 0) is 10.0 Å². The topological polar surface area (TPSA) is 46.2 Å². The predicted octanol–water partition coefficient (Wildman–Crippen LogP) is 2.42. The molecule has 0 aliphatic carbocycles. The van der Waals surface area contributed by atoms with Gasteiger partial charge in [-0.2, -0.15) is 0 Å². The van der Waals surface area contributed by atoms with E-state index in [9.17, 15) is 8.42 Å². The molecule has 0 unspecified atom stereocenters. The van der Waals surface area contributed by atoms with Crippen LogP contribution in [0.3, 0.4) is 0 Å². The van der Waals surface area contributed by atoms with Crippen molar-refractivity contribution in [3.63, 3.8) is 0 Å². The Bertz CT molecular complexity index is 449. The molecule has 0 fully saturated rings. The van der Waals surface area contributed by atoms with Gasteiger partial charge >= 0.3 is 0 Å². The van der Waals surface area contributed by atoms with Gasteiger partial charge in [0.1, 0.15) is 4.90 Å². The minimum Gasteiger partial charge on any atom is -0.207 e. The van der Waals surface area contributed by atoms with Gasteiger partial charge in [-0.15, -0.1) is 0 Å². The number of hydrogen-bond acceptors (Lipinski definition) is 2. The van der Waals surface area contributed by atoms with Gasteiger partial charge in [0.15, 0.2) is 0 Å². The summed E-state index contributed by atoms with van der Waals surface area (Å²) in [5.41, 5.74) is -0.516. The molecule has 0 bridgehead atoms. The fourth-order valence-corrected chi connectivity index (χ4v) is 3.06. The average molecular weight is 248 g/mol. The minimum atomic E-state index is -3.53. The second-order valence-electron chi connectivity index (χ2n) is 4.29. The lowest BCUT2D eigenvalue weighted by molar-refractivity contribution is 0.491. The van der Waals surface area contributed by atoms with Crippen molar-refractivity contribution < 1.29 is 8.42 Å². The molecule has 5 heteroatoms. The molecule has 0 spiro atoms. The van der Waals surface area contributed by atoms with Gasteiger partial charge in [0, 0.05) is 5.54 Å². The van der Waals surface area contributed by atoms with E-state index >= 15 is 0 Å². The molecule has 15 heavy (non-hydrogen) atoms. The first kappa shape index (κ1) is 12.5. The third kappa shape index (κ3) is 3.48. The first-order chi connectivity index (χ1) is 6.72. The van der Waals surface area contributed by atoms with Crippen molar-refractivity contribution in [2.24, 2.45) is 0 Å². The molecule has 1 N–H and O–H groups in total. The number of rotatable bonds is 2. The minimum absolute atomic E-state index is 0.113. The molecule has 3 nitrogen and oxygen atoms in total. The smallest absolute Gasteiger partial charge is 0.207 e. The van der Waals surface area contributed by atoms with E-state index in [1.54, 1.807) is 39.0 Å². The van der Waals surface area contributed by atoms with Crippen LogP contribution in [0, 0.1) is 0 Å². The van der Waals surface area contributed by atoms with Crippen molar-refractivity contribution in [3.05, 3.63) is 29.3 Å². The molecule has 0 aromatic heterocycles. The maximum absolute atomic E-state index is 11.9. The monoisotopic (exact) mass is 247 g/mol. The van der Waals surface area contributed by atoms with Crippen molar-refractivity contribution in [3.8, 4) is 0 Å². The van der Waals surface area contributed by atoms with E-state index in [4.69, 9.17) is 11.6 Å². The summed E-state index contributed by atoms with van der Waals surface area (Å²) in [6.07, 6.45) is 0. The zero-order chi connectivity index (χ0) is 11.7. The van der Waals surface area contributed by atoms with Gasteiger partial charge in [-0.1, -0.05) is 23.7 Å². The Hall–Kier alpha value is -0.580. The van der Waals surface area contributed by atoms with E-state index in [1.165, 1.54) is 6.07 Å². The molecular weight excluding hydrogens is 234 g/mol. The first-order valence-electron chi connectivity index (χ1n) is 4.51. The Kier molecular flexibility index (Phi) is 3.43. The summed E-state index contributed by atoms with van der Waals surface area (Å²) in [5, 5.41) is 0.231. The second kappa shape index (κ2) is 4.12. The van der Waals surface area contributed by atoms with Gasteiger partial charge in [0.25, 0.3) is 0 Å².